The van der Waals surface area contributed by atoms with Crippen molar-refractivity contribution in [3.8, 4) is 10.4 Å². The number of hydrogen-bond donors (Lipinski definition) is 0. The van der Waals surface area contributed by atoms with Gasteiger partial charge in [-0.2, -0.15) is 0 Å². The molecule has 7 heteroatoms. The average Bonchev–Trinajstić information content (AvgIpc) is 3.28. The molecule has 0 unspecified atom stereocenters. The van der Waals surface area contributed by atoms with Gasteiger partial charge in [0.15, 0.2) is 5.65 Å². The second-order valence-electron chi connectivity index (χ2n) is 5.39. The zero-order valence-corrected chi connectivity index (χ0v) is 14.5. The van der Waals surface area contributed by atoms with E-state index in [1.54, 1.807) is 17.7 Å². The first-order chi connectivity index (χ1) is 12.4. The number of benzene rings is 1. The second-order valence-corrected chi connectivity index (χ2v) is 7.37. The van der Waals surface area contributed by atoms with Crippen molar-refractivity contribution in [1.82, 2.24) is 24.6 Å². The van der Waals surface area contributed by atoms with E-state index in [4.69, 9.17) is 0 Å². The van der Waals surface area contributed by atoms with Crippen LogP contribution in [0, 0.1) is 0 Å². The molecule has 25 heavy (non-hydrogen) atoms. The Kier molecular flexibility index (Phi) is 3.46. The summed E-state index contributed by atoms with van der Waals surface area (Å²) in [5.41, 5.74) is 2.01. The average molecular weight is 361 g/mol. The van der Waals surface area contributed by atoms with E-state index in [-0.39, 0.29) is 0 Å². The maximum atomic E-state index is 4.47. The van der Waals surface area contributed by atoms with Crippen LogP contribution in [0.2, 0.25) is 0 Å². The molecule has 0 aliphatic carbocycles. The minimum Gasteiger partial charge on any atom is -0.277 e. The van der Waals surface area contributed by atoms with Crippen LogP contribution in [0.3, 0.4) is 0 Å². The summed E-state index contributed by atoms with van der Waals surface area (Å²) in [6, 6.07) is 18.3. The van der Waals surface area contributed by atoms with Gasteiger partial charge in [0.25, 0.3) is 0 Å². The molecule has 4 heterocycles. The summed E-state index contributed by atoms with van der Waals surface area (Å²) in [7, 11) is 0. The zero-order valence-electron chi connectivity index (χ0n) is 12.9. The van der Waals surface area contributed by atoms with Crippen LogP contribution in [0.4, 0.5) is 0 Å². The first-order valence-corrected chi connectivity index (χ1v) is 9.29. The standard InChI is InChI=1S/C18H11N5S2/c1-2-6-12(7-3-1)14-10-13-16(24-14)19-11-20-17(13)25-18-22-21-15-8-4-5-9-23(15)18/h1-11H. The molecule has 0 fully saturated rings. The van der Waals surface area contributed by atoms with Gasteiger partial charge in [0, 0.05) is 16.5 Å². The SMILES string of the molecule is c1ccc(-c2cc3c(Sc4nnc5ccccn45)ncnc3s2)cc1. The highest BCUT2D eigenvalue weighted by Crippen LogP contribution is 2.37. The molecule has 5 nitrogen and oxygen atoms in total. The minimum absolute atomic E-state index is 0.795. The van der Waals surface area contributed by atoms with Crippen LogP contribution in [0.5, 0.6) is 0 Å². The van der Waals surface area contributed by atoms with Crippen molar-refractivity contribution in [3.63, 3.8) is 0 Å². The van der Waals surface area contributed by atoms with Gasteiger partial charge in [0.1, 0.15) is 16.2 Å². The lowest BCUT2D eigenvalue weighted by Crippen LogP contribution is -1.88. The Morgan fingerprint density at radius 1 is 0.920 bits per heavy atom. The molecule has 0 aliphatic rings. The Labute approximate surface area is 151 Å². The van der Waals surface area contributed by atoms with Crippen LogP contribution in [0.15, 0.2) is 77.3 Å². The fourth-order valence-corrected chi connectivity index (χ4v) is 4.58. The normalized spacial score (nSPS) is 11.4. The molecular formula is C18H11N5S2. The second kappa shape index (κ2) is 5.94. The molecule has 0 N–H and O–H groups in total. The van der Waals surface area contributed by atoms with Gasteiger partial charge in [-0.1, -0.05) is 36.4 Å². The Bertz CT molecular complexity index is 1180. The Morgan fingerprint density at radius 3 is 2.72 bits per heavy atom. The van der Waals surface area contributed by atoms with Crippen LogP contribution in [0.25, 0.3) is 26.3 Å². The van der Waals surface area contributed by atoms with E-state index in [1.165, 1.54) is 22.2 Å². The fraction of sp³-hybridized carbons (Fsp3) is 0. The molecule has 0 amide bonds. The van der Waals surface area contributed by atoms with Crippen molar-refractivity contribution >= 4 is 39.0 Å². The summed E-state index contributed by atoms with van der Waals surface area (Å²) in [5, 5.41) is 11.2. The third-order valence-electron chi connectivity index (χ3n) is 3.82. The van der Waals surface area contributed by atoms with Crippen LogP contribution in [-0.4, -0.2) is 24.6 Å². The van der Waals surface area contributed by atoms with Gasteiger partial charge in [-0.15, -0.1) is 21.5 Å². The van der Waals surface area contributed by atoms with Gasteiger partial charge < -0.3 is 0 Å². The van der Waals surface area contributed by atoms with E-state index >= 15 is 0 Å². The lowest BCUT2D eigenvalue weighted by atomic mass is 10.2. The number of pyridine rings is 1. The highest BCUT2D eigenvalue weighted by atomic mass is 32.2. The smallest absolute Gasteiger partial charge is 0.201 e. The Hall–Kier alpha value is -2.77. The maximum Gasteiger partial charge on any atom is 0.201 e. The quantitative estimate of drug-likeness (QED) is 0.441. The highest BCUT2D eigenvalue weighted by Gasteiger charge is 2.14. The lowest BCUT2D eigenvalue weighted by Gasteiger charge is -2.00. The molecule has 0 aliphatic heterocycles. The fourth-order valence-electron chi connectivity index (χ4n) is 2.64. The molecule has 5 rings (SSSR count). The largest absolute Gasteiger partial charge is 0.277 e. The van der Waals surface area contributed by atoms with E-state index in [0.717, 1.165) is 26.0 Å². The van der Waals surface area contributed by atoms with Gasteiger partial charge in [-0.05, 0) is 35.5 Å². The highest BCUT2D eigenvalue weighted by molar-refractivity contribution is 7.99. The van der Waals surface area contributed by atoms with Crippen LogP contribution >= 0.6 is 23.1 Å². The predicted molar refractivity (Wildman–Crippen MR) is 100.0 cm³/mol. The number of hydrogen-bond acceptors (Lipinski definition) is 6. The van der Waals surface area contributed by atoms with Crippen LogP contribution < -0.4 is 0 Å². The van der Waals surface area contributed by atoms with Crippen molar-refractivity contribution in [3.05, 3.63) is 67.1 Å². The lowest BCUT2D eigenvalue weighted by molar-refractivity contribution is 0.917. The van der Waals surface area contributed by atoms with E-state index in [9.17, 15) is 0 Å². The van der Waals surface area contributed by atoms with Gasteiger partial charge >= 0.3 is 0 Å². The molecule has 0 radical (unpaired) electrons. The first-order valence-electron chi connectivity index (χ1n) is 7.66. The molecule has 0 saturated carbocycles. The third kappa shape index (κ3) is 2.57. The van der Waals surface area contributed by atoms with Gasteiger partial charge in [-0.25, -0.2) is 9.97 Å². The van der Waals surface area contributed by atoms with Crippen molar-refractivity contribution in [2.24, 2.45) is 0 Å². The van der Waals surface area contributed by atoms with Crippen molar-refractivity contribution in [1.29, 1.82) is 0 Å². The molecule has 0 atom stereocenters. The Morgan fingerprint density at radius 2 is 1.80 bits per heavy atom. The number of rotatable bonds is 3. The molecule has 0 saturated heterocycles. The van der Waals surface area contributed by atoms with Crippen LogP contribution in [-0.2, 0) is 0 Å². The topological polar surface area (TPSA) is 56.0 Å². The van der Waals surface area contributed by atoms with E-state index in [2.05, 4.69) is 38.4 Å². The summed E-state index contributed by atoms with van der Waals surface area (Å²) in [5.74, 6) is 0. The van der Waals surface area contributed by atoms with Gasteiger partial charge in [0.2, 0.25) is 5.16 Å². The summed E-state index contributed by atoms with van der Waals surface area (Å²) in [6.07, 6.45) is 3.57. The minimum atomic E-state index is 0.795. The van der Waals surface area contributed by atoms with Crippen molar-refractivity contribution in [2.75, 3.05) is 0 Å². The van der Waals surface area contributed by atoms with Crippen molar-refractivity contribution in [2.45, 2.75) is 10.2 Å². The maximum absolute atomic E-state index is 4.47. The number of thiophene rings is 1. The summed E-state index contributed by atoms with van der Waals surface area (Å²) in [6.45, 7) is 0. The molecule has 5 aromatic rings. The molecular weight excluding hydrogens is 350 g/mol. The monoisotopic (exact) mass is 361 g/mol. The van der Waals surface area contributed by atoms with Gasteiger partial charge in [-0.3, -0.25) is 4.40 Å². The van der Waals surface area contributed by atoms with E-state index in [1.807, 2.05) is 47.0 Å². The Balaban J connectivity index is 1.61. The van der Waals surface area contributed by atoms with E-state index < -0.39 is 0 Å². The predicted octanol–water partition coefficient (Wildman–Crippen LogP) is 4.55. The molecule has 1 aromatic carbocycles. The third-order valence-corrected chi connectivity index (χ3v) is 5.89. The first kappa shape index (κ1) is 14.6. The number of aromatic nitrogens is 5. The number of nitrogens with zero attached hydrogens (tertiary/aromatic N) is 5. The van der Waals surface area contributed by atoms with E-state index in [0.29, 0.717) is 0 Å². The summed E-state index contributed by atoms with van der Waals surface area (Å²) >= 11 is 3.18. The molecule has 120 valence electrons. The van der Waals surface area contributed by atoms with Gasteiger partial charge in [0.05, 0.1) is 0 Å². The summed E-state index contributed by atoms with van der Waals surface area (Å²) < 4.78 is 1.96. The molecule has 0 spiro atoms. The number of fused-ring (bicyclic) bond motifs is 2. The van der Waals surface area contributed by atoms with Crippen LogP contribution in [0.1, 0.15) is 0 Å². The zero-order chi connectivity index (χ0) is 16.6. The molecule has 0 bridgehead atoms. The summed E-state index contributed by atoms with van der Waals surface area (Å²) in [4.78, 5) is 11.1. The molecule has 4 aromatic heterocycles. The van der Waals surface area contributed by atoms with Crippen molar-refractivity contribution < 1.29 is 0 Å².